The van der Waals surface area contributed by atoms with Crippen molar-refractivity contribution in [2.75, 3.05) is 6.79 Å². The summed E-state index contributed by atoms with van der Waals surface area (Å²) in [7, 11) is 0. The van der Waals surface area contributed by atoms with Gasteiger partial charge in [0.25, 0.3) is 0 Å². The van der Waals surface area contributed by atoms with Crippen molar-refractivity contribution in [1.29, 1.82) is 0 Å². The Morgan fingerprint density at radius 3 is 2.94 bits per heavy atom. The number of hydrogen-bond acceptors (Lipinski definition) is 4. The summed E-state index contributed by atoms with van der Waals surface area (Å²) in [6.07, 6.45) is -0.325. The molecule has 0 amide bonds. The molecule has 2 unspecified atom stereocenters. The Labute approximate surface area is 116 Å². The molecule has 0 radical (unpaired) electrons. The second-order valence-electron chi connectivity index (χ2n) is 4.42. The van der Waals surface area contributed by atoms with Gasteiger partial charge in [0.15, 0.2) is 6.79 Å². The third-order valence-corrected chi connectivity index (χ3v) is 4.55. The molecule has 3 nitrogen and oxygen atoms in total. The second kappa shape index (κ2) is 6.15. The van der Waals surface area contributed by atoms with Gasteiger partial charge >= 0.3 is 0 Å². The van der Waals surface area contributed by atoms with Crippen molar-refractivity contribution in [3.05, 3.63) is 28.3 Å². The van der Waals surface area contributed by atoms with Gasteiger partial charge in [-0.3, -0.25) is 0 Å². The molecule has 0 spiro atoms. The van der Waals surface area contributed by atoms with Crippen molar-refractivity contribution < 1.29 is 14.6 Å². The first-order valence-electron chi connectivity index (χ1n) is 5.89. The van der Waals surface area contributed by atoms with Crippen LogP contribution in [-0.4, -0.2) is 23.3 Å². The number of benzene rings is 1. The highest BCUT2D eigenvalue weighted by Crippen LogP contribution is 2.34. The molecule has 0 aliphatic carbocycles. The summed E-state index contributed by atoms with van der Waals surface area (Å²) in [5.74, 6) is 1.66. The number of ether oxygens (including phenoxy) is 2. The molecule has 1 aromatic carbocycles. The molecule has 5 heteroatoms. The Morgan fingerprint density at radius 2 is 2.22 bits per heavy atom. The van der Waals surface area contributed by atoms with Crippen LogP contribution in [0.2, 0.25) is 5.02 Å². The summed E-state index contributed by atoms with van der Waals surface area (Å²) in [4.78, 5) is 0. The quantitative estimate of drug-likeness (QED) is 0.923. The topological polar surface area (TPSA) is 38.7 Å². The van der Waals surface area contributed by atoms with E-state index >= 15 is 0 Å². The number of hydrogen-bond donors (Lipinski definition) is 1. The summed E-state index contributed by atoms with van der Waals surface area (Å²) in [5.41, 5.74) is 2.06. The van der Waals surface area contributed by atoms with E-state index in [2.05, 4.69) is 0 Å². The third-order valence-electron chi connectivity index (χ3n) is 2.93. The number of aliphatic hydroxyl groups excluding tert-OH is 1. The van der Waals surface area contributed by atoms with Crippen LogP contribution < -0.4 is 4.74 Å². The average Bonchev–Trinajstić information content (AvgIpc) is 2.35. The molecule has 0 saturated heterocycles. The molecule has 2 atom stereocenters. The maximum Gasteiger partial charge on any atom is 0.189 e. The van der Waals surface area contributed by atoms with E-state index < -0.39 is 0 Å². The van der Waals surface area contributed by atoms with E-state index in [1.165, 1.54) is 0 Å². The number of aliphatic hydroxyl groups is 1. The molecule has 1 aliphatic heterocycles. The minimum Gasteiger partial charge on any atom is -0.467 e. The van der Waals surface area contributed by atoms with Gasteiger partial charge in [-0.15, -0.1) is 0 Å². The van der Waals surface area contributed by atoms with E-state index in [1.54, 1.807) is 18.7 Å². The van der Waals surface area contributed by atoms with Gasteiger partial charge in [0, 0.05) is 27.2 Å². The van der Waals surface area contributed by atoms with Gasteiger partial charge in [-0.25, -0.2) is 0 Å². The monoisotopic (exact) mass is 288 g/mol. The van der Waals surface area contributed by atoms with Crippen LogP contribution in [0.25, 0.3) is 0 Å². The fraction of sp³-hybridized carbons (Fsp3) is 0.538. The molecule has 0 saturated carbocycles. The highest BCUT2D eigenvalue weighted by atomic mass is 35.5. The van der Waals surface area contributed by atoms with Gasteiger partial charge in [0.2, 0.25) is 0 Å². The Hall–Kier alpha value is -0.420. The van der Waals surface area contributed by atoms with E-state index in [4.69, 9.17) is 21.1 Å². The molecule has 100 valence electrons. The molecule has 2 rings (SSSR count). The zero-order valence-corrected chi connectivity index (χ0v) is 12.1. The van der Waals surface area contributed by atoms with Crippen molar-refractivity contribution in [3.8, 4) is 5.75 Å². The van der Waals surface area contributed by atoms with Crippen LogP contribution in [0, 0.1) is 0 Å². The van der Waals surface area contributed by atoms with E-state index in [9.17, 15) is 5.11 Å². The summed E-state index contributed by atoms with van der Waals surface area (Å²) in [5, 5.41) is 10.4. The van der Waals surface area contributed by atoms with Crippen molar-refractivity contribution in [2.45, 2.75) is 37.6 Å². The first-order chi connectivity index (χ1) is 8.58. The minimum atomic E-state index is -0.325. The van der Waals surface area contributed by atoms with E-state index in [0.29, 0.717) is 11.6 Å². The predicted octanol–water partition coefficient (Wildman–Crippen LogP) is 3.21. The highest BCUT2D eigenvalue weighted by molar-refractivity contribution is 7.99. The van der Waals surface area contributed by atoms with Gasteiger partial charge in [-0.05, 0) is 19.1 Å². The number of rotatable bonds is 4. The third kappa shape index (κ3) is 3.32. The molecule has 0 bridgehead atoms. The Bertz CT molecular complexity index is 423. The molecule has 1 N–H and O–H groups in total. The van der Waals surface area contributed by atoms with Crippen LogP contribution in [0.5, 0.6) is 5.75 Å². The summed E-state index contributed by atoms with van der Waals surface area (Å²) >= 11 is 7.78. The highest BCUT2D eigenvalue weighted by Gasteiger charge is 2.18. The predicted molar refractivity (Wildman–Crippen MR) is 74.2 cm³/mol. The fourth-order valence-corrected chi connectivity index (χ4v) is 2.92. The lowest BCUT2D eigenvalue weighted by molar-refractivity contribution is -0.0168. The van der Waals surface area contributed by atoms with Crippen molar-refractivity contribution in [2.24, 2.45) is 0 Å². The number of halogens is 1. The fourth-order valence-electron chi connectivity index (χ4n) is 1.72. The number of thioether (sulfide) groups is 1. The van der Waals surface area contributed by atoms with Crippen LogP contribution in [0.1, 0.15) is 25.0 Å². The standard InChI is InChI=1S/C13H17ClO3S/c1-8(15)9(2)18-6-11-4-12(14)3-10-5-16-7-17-13(10)11/h3-4,8-9,15H,5-7H2,1-2H3. The molecule has 1 aliphatic rings. The summed E-state index contributed by atoms with van der Waals surface area (Å²) in [6, 6.07) is 3.80. The Kier molecular flexibility index (Phi) is 4.78. The first-order valence-corrected chi connectivity index (χ1v) is 7.32. The molecule has 0 aromatic heterocycles. The van der Waals surface area contributed by atoms with Crippen LogP contribution in [0.15, 0.2) is 12.1 Å². The van der Waals surface area contributed by atoms with Gasteiger partial charge < -0.3 is 14.6 Å². The first kappa shape index (κ1) is 14.0. The van der Waals surface area contributed by atoms with E-state index in [0.717, 1.165) is 22.6 Å². The maximum absolute atomic E-state index is 9.49. The van der Waals surface area contributed by atoms with Gasteiger partial charge in [-0.1, -0.05) is 18.5 Å². The lowest BCUT2D eigenvalue weighted by atomic mass is 10.1. The minimum absolute atomic E-state index is 0.180. The number of fused-ring (bicyclic) bond motifs is 1. The van der Waals surface area contributed by atoms with Crippen LogP contribution in [0.3, 0.4) is 0 Å². The Morgan fingerprint density at radius 1 is 1.44 bits per heavy atom. The van der Waals surface area contributed by atoms with Gasteiger partial charge in [0.05, 0.1) is 12.7 Å². The molecular formula is C13H17ClO3S. The molecule has 1 heterocycles. The largest absolute Gasteiger partial charge is 0.467 e. The Balaban J connectivity index is 2.14. The lowest BCUT2D eigenvalue weighted by Gasteiger charge is -2.22. The van der Waals surface area contributed by atoms with Crippen LogP contribution >= 0.6 is 23.4 Å². The lowest BCUT2D eigenvalue weighted by Crippen LogP contribution is -2.16. The van der Waals surface area contributed by atoms with E-state index in [-0.39, 0.29) is 18.1 Å². The smallest absolute Gasteiger partial charge is 0.189 e. The SMILES string of the molecule is CC(O)C(C)SCc1cc(Cl)cc2c1OCOC2. The normalized spacial score (nSPS) is 17.8. The zero-order valence-electron chi connectivity index (χ0n) is 10.5. The molecular weight excluding hydrogens is 272 g/mol. The van der Waals surface area contributed by atoms with Crippen molar-refractivity contribution in [1.82, 2.24) is 0 Å². The molecule has 1 aromatic rings. The summed E-state index contributed by atoms with van der Waals surface area (Å²) < 4.78 is 10.8. The van der Waals surface area contributed by atoms with Crippen molar-refractivity contribution in [3.63, 3.8) is 0 Å². The maximum atomic E-state index is 9.49. The molecule has 18 heavy (non-hydrogen) atoms. The van der Waals surface area contributed by atoms with Crippen LogP contribution in [-0.2, 0) is 17.1 Å². The summed E-state index contributed by atoms with van der Waals surface area (Å²) in [6.45, 7) is 4.64. The van der Waals surface area contributed by atoms with Crippen molar-refractivity contribution >= 4 is 23.4 Å². The second-order valence-corrected chi connectivity index (χ2v) is 6.22. The molecule has 0 fully saturated rings. The van der Waals surface area contributed by atoms with E-state index in [1.807, 2.05) is 19.1 Å². The van der Waals surface area contributed by atoms with Gasteiger partial charge in [-0.2, -0.15) is 11.8 Å². The zero-order chi connectivity index (χ0) is 13.1. The van der Waals surface area contributed by atoms with Gasteiger partial charge in [0.1, 0.15) is 5.75 Å². The van der Waals surface area contributed by atoms with Crippen LogP contribution in [0.4, 0.5) is 0 Å². The average molecular weight is 289 g/mol.